The summed E-state index contributed by atoms with van der Waals surface area (Å²) in [7, 11) is 1.60. The van der Waals surface area contributed by atoms with Crippen molar-refractivity contribution in [2.75, 3.05) is 23.3 Å². The molecule has 1 saturated heterocycles. The van der Waals surface area contributed by atoms with Crippen LogP contribution in [0.3, 0.4) is 0 Å². The normalized spacial score (nSPS) is 17.1. The van der Waals surface area contributed by atoms with Crippen LogP contribution in [0.25, 0.3) is 0 Å². The number of carbonyl (C=O) groups excluding carboxylic acids is 2. The number of piperidine rings is 1. The smallest absolute Gasteiger partial charge is 0.266 e. The van der Waals surface area contributed by atoms with Crippen molar-refractivity contribution in [3.05, 3.63) is 33.6 Å². The van der Waals surface area contributed by atoms with Crippen molar-refractivity contribution < 1.29 is 9.59 Å². The molecule has 2 aromatic heterocycles. The third-order valence-corrected chi connectivity index (χ3v) is 5.01. The number of hydrogen-bond acceptors (Lipinski definition) is 7. The van der Waals surface area contributed by atoms with Gasteiger partial charge in [-0.3, -0.25) is 14.4 Å². The number of nitrogens with one attached hydrogen (secondary N) is 1. The van der Waals surface area contributed by atoms with Crippen LogP contribution in [0.2, 0.25) is 0 Å². The molecule has 0 aliphatic carbocycles. The fraction of sp³-hybridized carbons (Fsp3) is 0.438. The van der Waals surface area contributed by atoms with E-state index < -0.39 is 5.91 Å². The van der Waals surface area contributed by atoms with E-state index in [-0.39, 0.29) is 23.8 Å². The molecule has 2 amide bonds. The number of amides is 2. The second-order valence-corrected chi connectivity index (χ2v) is 7.07. The molecule has 3 N–H and O–H groups in total. The second-order valence-electron chi connectivity index (χ2n) is 6.21. The maximum atomic E-state index is 12.6. The molecule has 2 aromatic rings. The predicted octanol–water partition coefficient (Wildman–Crippen LogP) is 0.120. The van der Waals surface area contributed by atoms with E-state index in [0.717, 1.165) is 19.4 Å². The van der Waals surface area contributed by atoms with E-state index in [1.165, 1.54) is 22.1 Å². The zero-order valence-corrected chi connectivity index (χ0v) is 15.2. The summed E-state index contributed by atoms with van der Waals surface area (Å²) in [5.74, 6) is -0.0887. The van der Waals surface area contributed by atoms with E-state index in [1.54, 1.807) is 18.5 Å². The summed E-state index contributed by atoms with van der Waals surface area (Å²) in [5.41, 5.74) is 5.53. The SMILES string of the molecule is Cn1nc(N2CCC[C@@H](C(=O)Nc3nc(CC(N)=O)cs3)C2)ccc1=O. The van der Waals surface area contributed by atoms with Crippen LogP contribution >= 0.6 is 11.3 Å². The van der Waals surface area contributed by atoms with Crippen LogP contribution in [0.5, 0.6) is 0 Å². The van der Waals surface area contributed by atoms with Gasteiger partial charge in [-0.15, -0.1) is 11.3 Å². The van der Waals surface area contributed by atoms with E-state index in [9.17, 15) is 14.4 Å². The van der Waals surface area contributed by atoms with Crippen LogP contribution in [-0.2, 0) is 23.1 Å². The molecule has 26 heavy (non-hydrogen) atoms. The Hall–Kier alpha value is -2.75. The monoisotopic (exact) mass is 376 g/mol. The topological polar surface area (TPSA) is 123 Å². The van der Waals surface area contributed by atoms with Gasteiger partial charge in [-0.25, -0.2) is 9.67 Å². The molecule has 1 fully saturated rings. The molecule has 9 nitrogen and oxygen atoms in total. The maximum Gasteiger partial charge on any atom is 0.266 e. The molecule has 3 rings (SSSR count). The van der Waals surface area contributed by atoms with Crippen molar-refractivity contribution in [2.24, 2.45) is 18.7 Å². The van der Waals surface area contributed by atoms with Gasteiger partial charge >= 0.3 is 0 Å². The average Bonchev–Trinajstić information content (AvgIpc) is 3.03. The summed E-state index contributed by atoms with van der Waals surface area (Å²) in [6, 6.07) is 3.15. The molecule has 1 aliphatic heterocycles. The molecule has 0 bridgehead atoms. The molecule has 0 unspecified atom stereocenters. The van der Waals surface area contributed by atoms with Gasteiger partial charge in [0.15, 0.2) is 5.13 Å². The van der Waals surface area contributed by atoms with Crippen molar-refractivity contribution >= 4 is 34.1 Å². The lowest BCUT2D eigenvalue weighted by Crippen LogP contribution is -2.41. The van der Waals surface area contributed by atoms with Crippen molar-refractivity contribution in [3.63, 3.8) is 0 Å². The van der Waals surface area contributed by atoms with Crippen LogP contribution in [0.4, 0.5) is 10.9 Å². The third kappa shape index (κ3) is 4.26. The Labute approximate surface area is 153 Å². The summed E-state index contributed by atoms with van der Waals surface area (Å²) >= 11 is 1.27. The maximum absolute atomic E-state index is 12.6. The van der Waals surface area contributed by atoms with Crippen LogP contribution in [0, 0.1) is 5.92 Å². The van der Waals surface area contributed by atoms with E-state index in [0.29, 0.717) is 23.2 Å². The highest BCUT2D eigenvalue weighted by Gasteiger charge is 2.27. The van der Waals surface area contributed by atoms with Gasteiger partial charge in [0.2, 0.25) is 11.8 Å². The largest absolute Gasteiger partial charge is 0.369 e. The first-order valence-electron chi connectivity index (χ1n) is 8.25. The Bertz CT molecular complexity index is 877. The van der Waals surface area contributed by atoms with Crippen molar-refractivity contribution in [3.8, 4) is 0 Å². The van der Waals surface area contributed by atoms with Gasteiger partial charge in [0, 0.05) is 31.6 Å². The lowest BCUT2D eigenvalue weighted by Gasteiger charge is -2.32. The molecule has 138 valence electrons. The Morgan fingerprint density at radius 1 is 1.42 bits per heavy atom. The molecule has 0 aromatic carbocycles. The highest BCUT2D eigenvalue weighted by atomic mass is 32.1. The molecular weight excluding hydrogens is 356 g/mol. The van der Waals surface area contributed by atoms with Gasteiger partial charge in [-0.2, -0.15) is 5.10 Å². The van der Waals surface area contributed by atoms with E-state index in [4.69, 9.17) is 5.73 Å². The summed E-state index contributed by atoms with van der Waals surface area (Å²) in [6.07, 6.45) is 1.68. The number of nitrogens with two attached hydrogens (primary N) is 1. The minimum absolute atomic E-state index is 0.0575. The quantitative estimate of drug-likeness (QED) is 0.764. The van der Waals surface area contributed by atoms with Crippen molar-refractivity contribution in [2.45, 2.75) is 19.3 Å². The summed E-state index contributed by atoms with van der Waals surface area (Å²) in [6.45, 7) is 1.31. The summed E-state index contributed by atoms with van der Waals surface area (Å²) < 4.78 is 1.29. The van der Waals surface area contributed by atoms with Crippen LogP contribution in [0.15, 0.2) is 22.3 Å². The second kappa shape index (κ2) is 7.65. The fourth-order valence-corrected chi connectivity index (χ4v) is 3.60. The Balaban J connectivity index is 1.64. The molecular formula is C16H20N6O3S. The van der Waals surface area contributed by atoms with E-state index in [2.05, 4.69) is 15.4 Å². The van der Waals surface area contributed by atoms with Crippen LogP contribution in [0.1, 0.15) is 18.5 Å². The zero-order valence-electron chi connectivity index (χ0n) is 14.3. The van der Waals surface area contributed by atoms with Gasteiger partial charge in [0.05, 0.1) is 18.0 Å². The summed E-state index contributed by atoms with van der Waals surface area (Å²) in [4.78, 5) is 41.2. The average molecular weight is 376 g/mol. The molecule has 0 saturated carbocycles. The molecule has 3 heterocycles. The Morgan fingerprint density at radius 3 is 2.96 bits per heavy atom. The first kappa shape index (κ1) is 18.1. The first-order valence-corrected chi connectivity index (χ1v) is 9.13. The van der Waals surface area contributed by atoms with Crippen molar-refractivity contribution in [1.82, 2.24) is 14.8 Å². The Morgan fingerprint density at radius 2 is 2.23 bits per heavy atom. The van der Waals surface area contributed by atoms with Gasteiger partial charge in [0.1, 0.15) is 5.82 Å². The highest BCUT2D eigenvalue weighted by Crippen LogP contribution is 2.23. The highest BCUT2D eigenvalue weighted by molar-refractivity contribution is 7.13. The number of hydrogen-bond donors (Lipinski definition) is 2. The number of aryl methyl sites for hydroxylation is 1. The molecule has 0 radical (unpaired) electrons. The standard InChI is InChI=1S/C16H20N6O3S/c1-21-14(24)5-4-13(20-21)22-6-2-3-10(8-22)15(25)19-16-18-11(9-26-16)7-12(17)23/h4-5,9-10H,2-3,6-8H2,1H3,(H2,17,23)(H,18,19,25)/t10-/m1/s1. The molecule has 0 spiro atoms. The minimum Gasteiger partial charge on any atom is -0.369 e. The number of nitrogens with zero attached hydrogens (tertiary/aromatic N) is 4. The number of primary amides is 1. The summed E-state index contributed by atoms with van der Waals surface area (Å²) in [5, 5.41) is 9.23. The fourth-order valence-electron chi connectivity index (χ4n) is 2.89. The Kier molecular flexibility index (Phi) is 5.31. The number of rotatable bonds is 5. The zero-order chi connectivity index (χ0) is 18.7. The van der Waals surface area contributed by atoms with Gasteiger partial charge in [0.25, 0.3) is 5.56 Å². The van der Waals surface area contributed by atoms with Gasteiger partial charge in [-0.05, 0) is 18.9 Å². The number of carbonyl (C=O) groups is 2. The molecule has 1 aliphatic rings. The number of thiazole rings is 1. The lowest BCUT2D eigenvalue weighted by molar-refractivity contribution is -0.120. The molecule has 1 atom stereocenters. The van der Waals surface area contributed by atoms with Crippen LogP contribution < -0.4 is 21.5 Å². The van der Waals surface area contributed by atoms with E-state index >= 15 is 0 Å². The number of aromatic nitrogens is 3. The minimum atomic E-state index is -0.458. The van der Waals surface area contributed by atoms with Crippen LogP contribution in [-0.4, -0.2) is 39.7 Å². The third-order valence-electron chi connectivity index (χ3n) is 4.20. The lowest BCUT2D eigenvalue weighted by atomic mass is 9.97. The van der Waals surface area contributed by atoms with Gasteiger partial charge in [-0.1, -0.05) is 0 Å². The number of anilines is 2. The van der Waals surface area contributed by atoms with Gasteiger partial charge < -0.3 is 16.0 Å². The predicted molar refractivity (Wildman–Crippen MR) is 98.1 cm³/mol. The van der Waals surface area contributed by atoms with Crippen molar-refractivity contribution in [1.29, 1.82) is 0 Å². The molecule has 10 heteroatoms. The van der Waals surface area contributed by atoms with E-state index in [1.807, 2.05) is 4.90 Å². The first-order chi connectivity index (χ1) is 12.4.